The van der Waals surface area contributed by atoms with Gasteiger partial charge in [0, 0.05) is 19.5 Å². The molecule has 0 aromatic heterocycles. The van der Waals surface area contributed by atoms with E-state index < -0.39 is 0 Å². The average molecular weight is 300 g/mol. The normalized spacial score (nSPS) is 23.3. The van der Waals surface area contributed by atoms with Crippen molar-refractivity contribution < 1.29 is 9.59 Å². The van der Waals surface area contributed by atoms with Crippen LogP contribution < -0.4 is 0 Å². The smallest absolute Gasteiger partial charge is 0.233 e. The van der Waals surface area contributed by atoms with Crippen molar-refractivity contribution >= 4 is 11.8 Å². The van der Waals surface area contributed by atoms with Crippen LogP contribution in [0.15, 0.2) is 30.3 Å². The first-order valence-electron chi connectivity index (χ1n) is 8.34. The summed E-state index contributed by atoms with van der Waals surface area (Å²) >= 11 is 0. The van der Waals surface area contributed by atoms with E-state index in [1.165, 1.54) is 24.2 Å². The maximum absolute atomic E-state index is 12.5. The number of carbonyl (C=O) groups is 2. The standard InChI is InChI=1S/C18H24N2O2/c21-17-14-16(13-15-7-3-1-4-8-15)18(22)20(17)12-11-19-9-5-2-6-10-19/h1,3-4,7-8,16H,2,5-6,9-14H2. The van der Waals surface area contributed by atoms with Gasteiger partial charge in [-0.25, -0.2) is 0 Å². The molecule has 2 saturated heterocycles. The summed E-state index contributed by atoms with van der Waals surface area (Å²) in [6.45, 7) is 3.59. The van der Waals surface area contributed by atoms with Crippen molar-refractivity contribution in [1.29, 1.82) is 0 Å². The molecule has 0 N–H and O–H groups in total. The minimum absolute atomic E-state index is 0.00272. The molecule has 22 heavy (non-hydrogen) atoms. The average Bonchev–Trinajstić information content (AvgIpc) is 2.81. The Kier molecular flexibility index (Phi) is 4.88. The zero-order valence-electron chi connectivity index (χ0n) is 13.0. The maximum atomic E-state index is 12.5. The molecule has 1 aromatic carbocycles. The molecule has 118 valence electrons. The number of piperidine rings is 1. The quantitative estimate of drug-likeness (QED) is 0.782. The SMILES string of the molecule is O=C1CC(Cc2ccccc2)C(=O)N1CCN1CCCCC1. The minimum atomic E-state index is -0.170. The number of benzene rings is 1. The van der Waals surface area contributed by atoms with Gasteiger partial charge in [0.25, 0.3) is 0 Å². The molecule has 0 bridgehead atoms. The lowest BCUT2D eigenvalue weighted by Gasteiger charge is -2.28. The highest BCUT2D eigenvalue weighted by molar-refractivity contribution is 6.03. The first-order chi connectivity index (χ1) is 10.7. The van der Waals surface area contributed by atoms with Crippen molar-refractivity contribution in [2.75, 3.05) is 26.2 Å². The van der Waals surface area contributed by atoms with Crippen LogP contribution in [0.2, 0.25) is 0 Å². The Morgan fingerprint density at radius 1 is 0.955 bits per heavy atom. The van der Waals surface area contributed by atoms with Crippen LogP contribution in [0.25, 0.3) is 0 Å². The van der Waals surface area contributed by atoms with Gasteiger partial charge in [0.15, 0.2) is 0 Å². The Labute approximate surface area is 132 Å². The van der Waals surface area contributed by atoms with Crippen LogP contribution in [0.1, 0.15) is 31.2 Å². The van der Waals surface area contributed by atoms with Gasteiger partial charge in [-0.15, -0.1) is 0 Å². The highest BCUT2D eigenvalue weighted by Crippen LogP contribution is 2.23. The number of imide groups is 1. The number of rotatable bonds is 5. The molecule has 1 atom stereocenters. The fraction of sp³-hybridized carbons (Fsp3) is 0.556. The second-order valence-corrected chi connectivity index (χ2v) is 6.38. The lowest BCUT2D eigenvalue weighted by molar-refractivity contribution is -0.139. The van der Waals surface area contributed by atoms with Crippen molar-refractivity contribution in [2.24, 2.45) is 5.92 Å². The molecule has 4 heteroatoms. The van der Waals surface area contributed by atoms with Crippen LogP contribution >= 0.6 is 0 Å². The summed E-state index contributed by atoms with van der Waals surface area (Å²) in [5.41, 5.74) is 1.13. The topological polar surface area (TPSA) is 40.6 Å². The molecule has 4 nitrogen and oxygen atoms in total. The van der Waals surface area contributed by atoms with E-state index in [0.29, 0.717) is 19.4 Å². The van der Waals surface area contributed by atoms with E-state index in [2.05, 4.69) is 4.90 Å². The van der Waals surface area contributed by atoms with Gasteiger partial charge < -0.3 is 4.90 Å². The molecule has 2 amide bonds. The van der Waals surface area contributed by atoms with E-state index in [4.69, 9.17) is 0 Å². The summed E-state index contributed by atoms with van der Waals surface area (Å²) < 4.78 is 0. The molecule has 0 saturated carbocycles. The Bertz CT molecular complexity index is 523. The van der Waals surface area contributed by atoms with Gasteiger partial charge in [-0.05, 0) is 37.9 Å². The summed E-state index contributed by atoms with van der Waals surface area (Å²) in [5, 5.41) is 0. The van der Waals surface area contributed by atoms with Gasteiger partial charge in [0.1, 0.15) is 0 Å². The second-order valence-electron chi connectivity index (χ2n) is 6.38. The molecule has 0 aliphatic carbocycles. The molecule has 1 aromatic rings. The van der Waals surface area contributed by atoms with Crippen LogP contribution in [0.5, 0.6) is 0 Å². The van der Waals surface area contributed by atoms with Crippen molar-refractivity contribution in [1.82, 2.24) is 9.80 Å². The van der Waals surface area contributed by atoms with Gasteiger partial charge >= 0.3 is 0 Å². The summed E-state index contributed by atoms with van der Waals surface area (Å²) in [5.74, 6) is -0.148. The predicted molar refractivity (Wildman–Crippen MR) is 85.3 cm³/mol. The van der Waals surface area contributed by atoms with E-state index in [0.717, 1.165) is 25.2 Å². The Morgan fingerprint density at radius 3 is 2.41 bits per heavy atom. The molecular formula is C18H24N2O2. The Hall–Kier alpha value is -1.68. The molecule has 0 spiro atoms. The van der Waals surface area contributed by atoms with Crippen molar-refractivity contribution in [3.05, 3.63) is 35.9 Å². The molecule has 1 unspecified atom stereocenters. The number of carbonyl (C=O) groups excluding carboxylic acids is 2. The Balaban J connectivity index is 1.54. The van der Waals surface area contributed by atoms with Crippen LogP contribution in [0, 0.1) is 5.92 Å². The van der Waals surface area contributed by atoms with Crippen LogP contribution in [0.4, 0.5) is 0 Å². The van der Waals surface area contributed by atoms with Gasteiger partial charge in [-0.1, -0.05) is 36.8 Å². The first kappa shape index (κ1) is 15.2. The zero-order valence-corrected chi connectivity index (χ0v) is 13.0. The minimum Gasteiger partial charge on any atom is -0.302 e. The third-order valence-corrected chi connectivity index (χ3v) is 4.75. The van der Waals surface area contributed by atoms with Gasteiger partial charge in [0.2, 0.25) is 11.8 Å². The fourth-order valence-electron chi connectivity index (χ4n) is 3.47. The molecule has 2 aliphatic rings. The predicted octanol–water partition coefficient (Wildman–Crippen LogP) is 2.09. The summed E-state index contributed by atoms with van der Waals surface area (Å²) in [4.78, 5) is 28.5. The second kappa shape index (κ2) is 7.05. The van der Waals surface area contributed by atoms with E-state index in [9.17, 15) is 9.59 Å². The van der Waals surface area contributed by atoms with Gasteiger partial charge in [0.05, 0.1) is 5.92 Å². The van der Waals surface area contributed by atoms with E-state index in [-0.39, 0.29) is 17.7 Å². The van der Waals surface area contributed by atoms with Gasteiger partial charge in [-0.2, -0.15) is 0 Å². The number of amides is 2. The summed E-state index contributed by atoms with van der Waals surface area (Å²) in [6.07, 6.45) is 4.81. The van der Waals surface area contributed by atoms with Crippen LogP contribution in [0.3, 0.4) is 0 Å². The van der Waals surface area contributed by atoms with Crippen LogP contribution in [-0.2, 0) is 16.0 Å². The third-order valence-electron chi connectivity index (χ3n) is 4.75. The monoisotopic (exact) mass is 300 g/mol. The van der Waals surface area contributed by atoms with Crippen LogP contribution in [-0.4, -0.2) is 47.8 Å². The van der Waals surface area contributed by atoms with Crippen molar-refractivity contribution in [2.45, 2.75) is 32.1 Å². The third kappa shape index (κ3) is 3.55. The highest BCUT2D eigenvalue weighted by Gasteiger charge is 2.38. The maximum Gasteiger partial charge on any atom is 0.233 e. The zero-order chi connectivity index (χ0) is 15.4. The van der Waals surface area contributed by atoms with E-state index in [1.807, 2.05) is 30.3 Å². The molecule has 0 radical (unpaired) electrons. The number of nitrogens with zero attached hydrogens (tertiary/aromatic N) is 2. The largest absolute Gasteiger partial charge is 0.302 e. The van der Waals surface area contributed by atoms with Crippen molar-refractivity contribution in [3.63, 3.8) is 0 Å². The number of hydrogen-bond acceptors (Lipinski definition) is 3. The highest BCUT2D eigenvalue weighted by atomic mass is 16.2. The number of hydrogen-bond donors (Lipinski definition) is 0. The lowest BCUT2D eigenvalue weighted by Crippen LogP contribution is -2.40. The lowest BCUT2D eigenvalue weighted by atomic mass is 9.98. The molecule has 2 fully saturated rings. The molecule has 2 heterocycles. The van der Waals surface area contributed by atoms with Gasteiger partial charge in [-0.3, -0.25) is 14.5 Å². The molecule has 2 aliphatic heterocycles. The summed E-state index contributed by atoms with van der Waals surface area (Å²) in [6, 6.07) is 9.97. The Morgan fingerprint density at radius 2 is 1.68 bits per heavy atom. The van der Waals surface area contributed by atoms with Crippen molar-refractivity contribution in [3.8, 4) is 0 Å². The number of likely N-dealkylation sites (tertiary alicyclic amines) is 2. The molecular weight excluding hydrogens is 276 g/mol. The fourth-order valence-corrected chi connectivity index (χ4v) is 3.47. The van der Waals surface area contributed by atoms with E-state index in [1.54, 1.807) is 0 Å². The first-order valence-corrected chi connectivity index (χ1v) is 8.34. The summed E-state index contributed by atoms with van der Waals surface area (Å²) in [7, 11) is 0. The van der Waals surface area contributed by atoms with E-state index >= 15 is 0 Å². The molecule has 3 rings (SSSR count).